The van der Waals surface area contributed by atoms with Crippen LogP contribution in [0.5, 0.6) is 0 Å². The maximum atomic E-state index is 5.78. The molecule has 1 atom stereocenters. The molecular formula is C14H16N2O. The molecule has 2 rings (SSSR count). The number of hydrogen-bond donors (Lipinski definition) is 1. The fourth-order valence-corrected chi connectivity index (χ4v) is 1.70. The number of pyridine rings is 1. The van der Waals surface area contributed by atoms with Crippen molar-refractivity contribution in [3.05, 3.63) is 66.0 Å². The van der Waals surface area contributed by atoms with E-state index in [9.17, 15) is 0 Å². The molecule has 1 unspecified atom stereocenters. The van der Waals surface area contributed by atoms with Gasteiger partial charge in [0.15, 0.2) is 0 Å². The zero-order valence-electron chi connectivity index (χ0n) is 9.62. The Balaban J connectivity index is 2.26. The van der Waals surface area contributed by atoms with Gasteiger partial charge >= 0.3 is 0 Å². The second-order valence-electron chi connectivity index (χ2n) is 3.70. The zero-order valence-corrected chi connectivity index (χ0v) is 9.62. The average molecular weight is 228 g/mol. The fourth-order valence-electron chi connectivity index (χ4n) is 1.70. The highest BCUT2D eigenvalue weighted by Crippen LogP contribution is 2.23. The Labute approximate surface area is 101 Å². The third kappa shape index (κ3) is 3.12. The predicted octanol–water partition coefficient (Wildman–Crippen LogP) is 2.15. The highest BCUT2D eigenvalue weighted by molar-refractivity contribution is 5.25. The first kappa shape index (κ1) is 11.8. The quantitative estimate of drug-likeness (QED) is 0.853. The smallest absolute Gasteiger partial charge is 0.124 e. The summed E-state index contributed by atoms with van der Waals surface area (Å²) < 4.78 is 5.78. The van der Waals surface area contributed by atoms with Crippen molar-refractivity contribution < 1.29 is 4.74 Å². The molecule has 17 heavy (non-hydrogen) atoms. The van der Waals surface area contributed by atoms with Gasteiger partial charge in [-0.25, -0.2) is 0 Å². The van der Waals surface area contributed by atoms with Crippen molar-refractivity contribution in [2.45, 2.75) is 6.10 Å². The standard InChI is InChI=1S/C14H16N2O/c15-9-11-17-14(12-6-2-1-3-7-12)13-8-4-5-10-16-13/h1-8,10,14H,9,11,15H2. The summed E-state index contributed by atoms with van der Waals surface area (Å²) >= 11 is 0. The van der Waals surface area contributed by atoms with Crippen molar-refractivity contribution in [1.29, 1.82) is 0 Å². The Morgan fingerprint density at radius 2 is 1.82 bits per heavy atom. The maximum Gasteiger partial charge on any atom is 0.124 e. The minimum Gasteiger partial charge on any atom is -0.366 e. The number of aromatic nitrogens is 1. The maximum absolute atomic E-state index is 5.78. The van der Waals surface area contributed by atoms with Gasteiger partial charge < -0.3 is 10.5 Å². The molecule has 0 aliphatic heterocycles. The van der Waals surface area contributed by atoms with Crippen molar-refractivity contribution in [1.82, 2.24) is 4.98 Å². The molecule has 1 heterocycles. The first-order valence-electron chi connectivity index (χ1n) is 5.69. The summed E-state index contributed by atoms with van der Waals surface area (Å²) in [5.41, 5.74) is 7.49. The fraction of sp³-hybridized carbons (Fsp3) is 0.214. The summed E-state index contributed by atoms with van der Waals surface area (Å²) in [6.07, 6.45) is 1.64. The van der Waals surface area contributed by atoms with Gasteiger partial charge in [-0.3, -0.25) is 4.98 Å². The van der Waals surface area contributed by atoms with Crippen molar-refractivity contribution in [3.63, 3.8) is 0 Å². The molecule has 88 valence electrons. The normalized spacial score (nSPS) is 12.3. The third-order valence-electron chi connectivity index (χ3n) is 2.46. The summed E-state index contributed by atoms with van der Waals surface area (Å²) in [5.74, 6) is 0. The van der Waals surface area contributed by atoms with E-state index in [4.69, 9.17) is 10.5 Å². The highest BCUT2D eigenvalue weighted by atomic mass is 16.5. The van der Waals surface area contributed by atoms with Crippen LogP contribution >= 0.6 is 0 Å². The molecule has 0 saturated heterocycles. The Morgan fingerprint density at radius 1 is 1.06 bits per heavy atom. The van der Waals surface area contributed by atoms with Crippen LogP contribution in [0.4, 0.5) is 0 Å². The van der Waals surface area contributed by atoms with E-state index in [2.05, 4.69) is 4.98 Å². The second kappa shape index (κ2) is 6.13. The number of nitrogens with two attached hydrogens (primary N) is 1. The van der Waals surface area contributed by atoms with E-state index in [-0.39, 0.29) is 6.10 Å². The Morgan fingerprint density at radius 3 is 2.47 bits per heavy atom. The van der Waals surface area contributed by atoms with E-state index in [1.165, 1.54) is 0 Å². The number of rotatable bonds is 5. The molecular weight excluding hydrogens is 212 g/mol. The zero-order chi connectivity index (χ0) is 11.9. The molecule has 0 amide bonds. The van der Waals surface area contributed by atoms with Crippen molar-refractivity contribution in [2.24, 2.45) is 5.73 Å². The number of ether oxygens (including phenoxy) is 1. The van der Waals surface area contributed by atoms with Gasteiger partial charge in [0, 0.05) is 12.7 Å². The van der Waals surface area contributed by atoms with E-state index >= 15 is 0 Å². The van der Waals surface area contributed by atoms with Gasteiger partial charge in [0.1, 0.15) is 6.10 Å². The largest absolute Gasteiger partial charge is 0.366 e. The van der Waals surface area contributed by atoms with Gasteiger partial charge in [-0.2, -0.15) is 0 Å². The van der Waals surface area contributed by atoms with Gasteiger partial charge in [0.05, 0.1) is 12.3 Å². The lowest BCUT2D eigenvalue weighted by Gasteiger charge is -2.17. The monoisotopic (exact) mass is 228 g/mol. The summed E-state index contributed by atoms with van der Waals surface area (Å²) in [4.78, 5) is 4.34. The minimum absolute atomic E-state index is 0.138. The topological polar surface area (TPSA) is 48.1 Å². The summed E-state index contributed by atoms with van der Waals surface area (Å²) in [6.45, 7) is 1.03. The van der Waals surface area contributed by atoms with Gasteiger partial charge in [0.25, 0.3) is 0 Å². The third-order valence-corrected chi connectivity index (χ3v) is 2.46. The molecule has 2 N–H and O–H groups in total. The lowest BCUT2D eigenvalue weighted by atomic mass is 10.1. The molecule has 0 fully saturated rings. The van der Waals surface area contributed by atoms with Crippen LogP contribution in [0.3, 0.4) is 0 Å². The van der Waals surface area contributed by atoms with Crippen LogP contribution in [0.1, 0.15) is 17.4 Å². The van der Waals surface area contributed by atoms with E-state index < -0.39 is 0 Å². The number of hydrogen-bond acceptors (Lipinski definition) is 3. The van der Waals surface area contributed by atoms with Gasteiger partial charge in [-0.1, -0.05) is 36.4 Å². The lowest BCUT2D eigenvalue weighted by Crippen LogP contribution is -2.14. The van der Waals surface area contributed by atoms with E-state index in [1.807, 2.05) is 48.5 Å². The van der Waals surface area contributed by atoms with Crippen LogP contribution in [0, 0.1) is 0 Å². The van der Waals surface area contributed by atoms with Crippen LogP contribution in [0.15, 0.2) is 54.7 Å². The molecule has 1 aromatic heterocycles. The molecule has 1 aromatic carbocycles. The first-order chi connectivity index (χ1) is 8.42. The molecule has 0 bridgehead atoms. The average Bonchev–Trinajstić information content (AvgIpc) is 2.42. The second-order valence-corrected chi connectivity index (χ2v) is 3.70. The Hall–Kier alpha value is -1.71. The number of benzene rings is 1. The lowest BCUT2D eigenvalue weighted by molar-refractivity contribution is 0.0836. The first-order valence-corrected chi connectivity index (χ1v) is 5.69. The van der Waals surface area contributed by atoms with Crippen LogP contribution < -0.4 is 5.73 Å². The van der Waals surface area contributed by atoms with E-state index in [0.29, 0.717) is 13.2 Å². The van der Waals surface area contributed by atoms with Crippen molar-refractivity contribution in [2.75, 3.05) is 13.2 Å². The van der Waals surface area contributed by atoms with Gasteiger partial charge in [-0.15, -0.1) is 0 Å². The molecule has 0 spiro atoms. The van der Waals surface area contributed by atoms with E-state index in [1.54, 1.807) is 6.20 Å². The van der Waals surface area contributed by atoms with Crippen LogP contribution in [-0.4, -0.2) is 18.1 Å². The SMILES string of the molecule is NCCOC(c1ccccc1)c1ccccn1. The predicted molar refractivity (Wildman–Crippen MR) is 67.5 cm³/mol. The summed E-state index contributed by atoms with van der Waals surface area (Å²) in [6, 6.07) is 15.9. The van der Waals surface area contributed by atoms with Gasteiger partial charge in [0.2, 0.25) is 0 Å². The molecule has 3 nitrogen and oxygen atoms in total. The number of nitrogens with zero attached hydrogens (tertiary/aromatic N) is 1. The van der Waals surface area contributed by atoms with Crippen LogP contribution in [0.25, 0.3) is 0 Å². The van der Waals surface area contributed by atoms with Gasteiger partial charge in [-0.05, 0) is 17.7 Å². The van der Waals surface area contributed by atoms with Crippen molar-refractivity contribution >= 4 is 0 Å². The molecule has 0 aliphatic rings. The molecule has 0 aliphatic carbocycles. The van der Waals surface area contributed by atoms with Crippen molar-refractivity contribution in [3.8, 4) is 0 Å². The Kier molecular flexibility index (Phi) is 4.24. The van der Waals surface area contributed by atoms with Crippen LogP contribution in [-0.2, 0) is 4.74 Å². The molecule has 0 saturated carbocycles. The molecule has 0 radical (unpaired) electrons. The molecule has 2 aromatic rings. The molecule has 3 heteroatoms. The Bertz CT molecular complexity index is 391. The highest BCUT2D eigenvalue weighted by Gasteiger charge is 2.14. The summed E-state index contributed by atoms with van der Waals surface area (Å²) in [5, 5.41) is 0. The summed E-state index contributed by atoms with van der Waals surface area (Å²) in [7, 11) is 0. The van der Waals surface area contributed by atoms with E-state index in [0.717, 1.165) is 11.3 Å². The minimum atomic E-state index is -0.138. The van der Waals surface area contributed by atoms with Crippen LogP contribution in [0.2, 0.25) is 0 Å².